The van der Waals surface area contributed by atoms with Gasteiger partial charge >= 0.3 is 0 Å². The molecule has 1 amide bonds. The summed E-state index contributed by atoms with van der Waals surface area (Å²) in [7, 11) is -3.27. The molecule has 0 saturated carbocycles. The van der Waals surface area contributed by atoms with Crippen molar-refractivity contribution in [3.63, 3.8) is 0 Å². The largest absolute Gasteiger partial charge is 0.329 e. The van der Waals surface area contributed by atoms with E-state index in [0.717, 1.165) is 6.26 Å². The van der Waals surface area contributed by atoms with Crippen LogP contribution in [0.4, 0.5) is 11.4 Å². The number of carbonyl (C=O) groups is 1. The van der Waals surface area contributed by atoms with Crippen molar-refractivity contribution < 1.29 is 13.2 Å². The standard InChI is InChI=1S/C8H10N2O3S/c1-14(12,13)10-8-4-2-3-7(5-8)9-6-11/h2-6,10H,1H3,(H,9,11). The second-order valence-electron chi connectivity index (χ2n) is 2.72. The van der Waals surface area contributed by atoms with Gasteiger partial charge in [0.25, 0.3) is 0 Å². The Bertz CT molecular complexity index is 428. The fraction of sp³-hybridized carbons (Fsp3) is 0.125. The van der Waals surface area contributed by atoms with Crippen molar-refractivity contribution in [2.45, 2.75) is 0 Å². The molecule has 14 heavy (non-hydrogen) atoms. The first-order valence-electron chi connectivity index (χ1n) is 3.79. The molecule has 0 spiro atoms. The molecular formula is C8H10N2O3S. The second-order valence-corrected chi connectivity index (χ2v) is 4.47. The topological polar surface area (TPSA) is 75.3 Å². The van der Waals surface area contributed by atoms with E-state index in [-0.39, 0.29) is 0 Å². The van der Waals surface area contributed by atoms with Crippen LogP contribution in [0.1, 0.15) is 0 Å². The van der Waals surface area contributed by atoms with Crippen LogP contribution in [0.25, 0.3) is 0 Å². The zero-order chi connectivity index (χ0) is 10.6. The summed E-state index contributed by atoms with van der Waals surface area (Å²) in [5, 5.41) is 2.42. The van der Waals surface area contributed by atoms with E-state index in [1.54, 1.807) is 18.2 Å². The molecular weight excluding hydrogens is 204 g/mol. The van der Waals surface area contributed by atoms with Crippen LogP contribution in [0.15, 0.2) is 24.3 Å². The first kappa shape index (κ1) is 10.5. The van der Waals surface area contributed by atoms with Crippen LogP contribution < -0.4 is 10.0 Å². The number of rotatable bonds is 4. The lowest BCUT2D eigenvalue weighted by Gasteiger charge is -2.05. The Hall–Kier alpha value is -1.56. The highest BCUT2D eigenvalue weighted by Crippen LogP contribution is 2.14. The van der Waals surface area contributed by atoms with Crippen molar-refractivity contribution in [3.05, 3.63) is 24.3 Å². The van der Waals surface area contributed by atoms with E-state index in [1.807, 2.05) is 0 Å². The van der Waals surface area contributed by atoms with Crippen molar-refractivity contribution in [2.75, 3.05) is 16.3 Å². The summed E-state index contributed by atoms with van der Waals surface area (Å²) in [6.45, 7) is 0. The Balaban J connectivity index is 2.88. The van der Waals surface area contributed by atoms with Crippen molar-refractivity contribution in [1.82, 2.24) is 0 Å². The van der Waals surface area contributed by atoms with Gasteiger partial charge in [-0.3, -0.25) is 9.52 Å². The third-order valence-corrected chi connectivity index (χ3v) is 2.00. The van der Waals surface area contributed by atoms with Crippen LogP contribution in [-0.4, -0.2) is 21.1 Å². The number of hydrogen-bond acceptors (Lipinski definition) is 3. The highest BCUT2D eigenvalue weighted by Gasteiger charge is 2.01. The Morgan fingerprint density at radius 1 is 1.29 bits per heavy atom. The summed E-state index contributed by atoms with van der Waals surface area (Å²) < 4.78 is 24.0. The molecule has 0 unspecified atom stereocenters. The number of hydrogen-bond donors (Lipinski definition) is 2. The predicted octanol–water partition coefficient (Wildman–Crippen LogP) is 0.626. The molecule has 0 bridgehead atoms. The van der Waals surface area contributed by atoms with Gasteiger partial charge < -0.3 is 5.32 Å². The van der Waals surface area contributed by atoms with E-state index < -0.39 is 10.0 Å². The maximum Gasteiger partial charge on any atom is 0.229 e. The SMILES string of the molecule is CS(=O)(=O)Nc1cccc(NC=O)c1. The second kappa shape index (κ2) is 4.10. The van der Waals surface area contributed by atoms with E-state index in [1.165, 1.54) is 6.07 Å². The smallest absolute Gasteiger partial charge is 0.229 e. The van der Waals surface area contributed by atoms with Gasteiger partial charge in [-0.2, -0.15) is 0 Å². The molecule has 0 fully saturated rings. The summed E-state index contributed by atoms with van der Waals surface area (Å²) in [6.07, 6.45) is 1.59. The number of anilines is 2. The van der Waals surface area contributed by atoms with E-state index in [4.69, 9.17) is 0 Å². The lowest BCUT2D eigenvalue weighted by Crippen LogP contribution is -2.09. The first-order valence-corrected chi connectivity index (χ1v) is 5.68. The van der Waals surface area contributed by atoms with Gasteiger partial charge in [0.15, 0.2) is 0 Å². The normalized spacial score (nSPS) is 10.6. The van der Waals surface area contributed by atoms with Crippen LogP contribution >= 0.6 is 0 Å². The number of benzene rings is 1. The summed E-state index contributed by atoms with van der Waals surface area (Å²) in [5.41, 5.74) is 0.952. The maximum absolute atomic E-state index is 10.9. The number of amides is 1. The third-order valence-electron chi connectivity index (χ3n) is 1.39. The van der Waals surface area contributed by atoms with E-state index in [9.17, 15) is 13.2 Å². The molecule has 76 valence electrons. The lowest BCUT2D eigenvalue weighted by atomic mass is 10.3. The molecule has 2 N–H and O–H groups in total. The van der Waals surface area contributed by atoms with E-state index in [0.29, 0.717) is 17.8 Å². The molecule has 1 rings (SSSR count). The average molecular weight is 214 g/mol. The number of nitrogens with one attached hydrogen (secondary N) is 2. The van der Waals surface area contributed by atoms with Crippen molar-refractivity contribution in [2.24, 2.45) is 0 Å². The van der Waals surface area contributed by atoms with Gasteiger partial charge in [0.1, 0.15) is 0 Å². The van der Waals surface area contributed by atoms with Gasteiger partial charge in [-0.15, -0.1) is 0 Å². The third kappa shape index (κ3) is 3.44. The van der Waals surface area contributed by atoms with Gasteiger partial charge in [0.05, 0.1) is 11.9 Å². The zero-order valence-electron chi connectivity index (χ0n) is 7.52. The van der Waals surface area contributed by atoms with Crippen molar-refractivity contribution in [3.8, 4) is 0 Å². The van der Waals surface area contributed by atoms with Crippen molar-refractivity contribution in [1.29, 1.82) is 0 Å². The van der Waals surface area contributed by atoms with Crippen LogP contribution in [0.2, 0.25) is 0 Å². The Morgan fingerprint density at radius 3 is 2.50 bits per heavy atom. The van der Waals surface area contributed by atoms with Gasteiger partial charge in [0.2, 0.25) is 16.4 Å². The van der Waals surface area contributed by atoms with Crippen LogP contribution in [0, 0.1) is 0 Å². The Labute approximate surface area is 82.2 Å². The molecule has 0 aliphatic heterocycles. The molecule has 0 aliphatic rings. The minimum absolute atomic E-state index is 0.416. The molecule has 0 radical (unpaired) electrons. The Kier molecular flexibility index (Phi) is 3.08. The monoisotopic (exact) mass is 214 g/mol. The average Bonchev–Trinajstić information content (AvgIpc) is 2.02. The molecule has 5 nitrogen and oxygen atoms in total. The van der Waals surface area contributed by atoms with Gasteiger partial charge in [-0.25, -0.2) is 8.42 Å². The fourth-order valence-electron chi connectivity index (χ4n) is 0.955. The Morgan fingerprint density at radius 2 is 1.93 bits per heavy atom. The minimum Gasteiger partial charge on any atom is -0.329 e. The summed E-state index contributed by atoms with van der Waals surface area (Å²) in [4.78, 5) is 10.1. The maximum atomic E-state index is 10.9. The summed E-state index contributed by atoms with van der Waals surface area (Å²) >= 11 is 0. The number of sulfonamides is 1. The molecule has 0 atom stereocenters. The quantitative estimate of drug-likeness (QED) is 0.722. The van der Waals surface area contributed by atoms with E-state index in [2.05, 4.69) is 10.0 Å². The van der Waals surface area contributed by atoms with Gasteiger partial charge in [0, 0.05) is 5.69 Å². The highest BCUT2D eigenvalue weighted by atomic mass is 32.2. The van der Waals surface area contributed by atoms with Crippen molar-refractivity contribution >= 4 is 27.8 Å². The predicted molar refractivity (Wildman–Crippen MR) is 54.6 cm³/mol. The molecule has 0 aliphatic carbocycles. The van der Waals surface area contributed by atoms with E-state index >= 15 is 0 Å². The molecule has 0 aromatic heterocycles. The van der Waals surface area contributed by atoms with Gasteiger partial charge in [-0.1, -0.05) is 6.07 Å². The van der Waals surface area contributed by atoms with Crippen LogP contribution in [-0.2, 0) is 14.8 Å². The zero-order valence-corrected chi connectivity index (χ0v) is 8.34. The molecule has 6 heteroatoms. The molecule has 1 aromatic rings. The van der Waals surface area contributed by atoms with Crippen LogP contribution in [0.3, 0.4) is 0 Å². The summed E-state index contributed by atoms with van der Waals surface area (Å²) in [6, 6.07) is 6.41. The molecule has 0 saturated heterocycles. The van der Waals surface area contributed by atoms with Crippen LogP contribution in [0.5, 0.6) is 0 Å². The summed E-state index contributed by atoms with van der Waals surface area (Å²) in [5.74, 6) is 0. The number of carbonyl (C=O) groups excluding carboxylic acids is 1. The molecule has 1 aromatic carbocycles. The lowest BCUT2D eigenvalue weighted by molar-refractivity contribution is -0.105. The first-order chi connectivity index (χ1) is 6.51. The minimum atomic E-state index is -3.27. The molecule has 0 heterocycles. The van der Waals surface area contributed by atoms with Gasteiger partial charge in [-0.05, 0) is 18.2 Å². The fourth-order valence-corrected chi connectivity index (χ4v) is 1.51. The highest BCUT2D eigenvalue weighted by molar-refractivity contribution is 7.92.